The molecule has 2 fully saturated rings. The molecule has 35 heavy (non-hydrogen) atoms. The van der Waals surface area contributed by atoms with Crippen LogP contribution in [-0.2, 0) is 14.4 Å². The molecule has 3 aromatic rings. The molecule has 2 saturated heterocycles. The van der Waals surface area contributed by atoms with Crippen LogP contribution in [0.15, 0.2) is 77.9 Å². The van der Waals surface area contributed by atoms with Gasteiger partial charge in [-0.05, 0) is 41.5 Å². The molecular formula is C26H18Cl2N4O3. The van der Waals surface area contributed by atoms with Crippen molar-refractivity contribution in [1.29, 1.82) is 0 Å². The lowest BCUT2D eigenvalue weighted by molar-refractivity contribution is -0.129. The highest BCUT2D eigenvalue weighted by molar-refractivity contribution is 6.36. The van der Waals surface area contributed by atoms with E-state index in [2.05, 4.69) is 10.4 Å². The third kappa shape index (κ3) is 3.42. The Balaban J connectivity index is 1.46. The van der Waals surface area contributed by atoms with Gasteiger partial charge in [-0.25, -0.2) is 4.90 Å². The van der Waals surface area contributed by atoms with Crippen LogP contribution in [0.3, 0.4) is 0 Å². The molecule has 174 valence electrons. The minimum atomic E-state index is -0.981. The summed E-state index contributed by atoms with van der Waals surface area (Å²) in [6, 6.07) is 19.6. The van der Waals surface area contributed by atoms with Crippen molar-refractivity contribution in [3.05, 3.63) is 94.0 Å². The third-order valence-corrected chi connectivity index (χ3v) is 7.15. The normalized spacial score (nSPS) is 24.3. The topological polar surface area (TPSA) is 82.1 Å². The van der Waals surface area contributed by atoms with Gasteiger partial charge in [0.15, 0.2) is 0 Å². The number of nitrogens with one attached hydrogen (secondary N) is 1. The van der Waals surface area contributed by atoms with Crippen molar-refractivity contribution >= 4 is 58.5 Å². The Bertz CT molecular complexity index is 1390. The molecule has 3 aliphatic heterocycles. The van der Waals surface area contributed by atoms with Gasteiger partial charge in [0.25, 0.3) is 0 Å². The molecule has 3 heterocycles. The standard InChI is InChI=1S/C26H18Cl2N4O3/c27-15-10-16(28)12-18(11-15)31-25(34)20-21(26(31)35)23(24(33)30-17-7-2-1-3-8-17)32-22(20)19-9-5-4-6-14(19)13-29-32/h1-13,20-23H,(H,30,33)/t20-,21-,22-,23+/m1/s1. The first-order chi connectivity index (χ1) is 16.9. The molecule has 3 aliphatic rings. The Labute approximate surface area is 210 Å². The molecule has 4 atom stereocenters. The fraction of sp³-hybridized carbons (Fsp3) is 0.154. The number of carbonyl (C=O) groups is 3. The van der Waals surface area contributed by atoms with Crippen LogP contribution in [0.25, 0.3) is 0 Å². The zero-order valence-corrected chi connectivity index (χ0v) is 19.6. The minimum absolute atomic E-state index is 0.285. The number of fused-ring (bicyclic) bond motifs is 5. The maximum Gasteiger partial charge on any atom is 0.249 e. The van der Waals surface area contributed by atoms with E-state index in [1.165, 1.54) is 18.2 Å². The van der Waals surface area contributed by atoms with E-state index in [-0.39, 0.29) is 5.69 Å². The van der Waals surface area contributed by atoms with E-state index in [1.54, 1.807) is 35.5 Å². The Morgan fingerprint density at radius 2 is 1.51 bits per heavy atom. The summed E-state index contributed by atoms with van der Waals surface area (Å²) in [5, 5.41) is 9.63. The van der Waals surface area contributed by atoms with Crippen molar-refractivity contribution < 1.29 is 14.4 Å². The number of imide groups is 1. The van der Waals surface area contributed by atoms with Crippen LogP contribution in [0, 0.1) is 11.8 Å². The second kappa shape index (κ2) is 8.22. The molecular weight excluding hydrogens is 487 g/mol. The predicted octanol–water partition coefficient (Wildman–Crippen LogP) is 4.51. The second-order valence-corrected chi connectivity index (χ2v) is 9.56. The van der Waals surface area contributed by atoms with Crippen LogP contribution >= 0.6 is 23.2 Å². The van der Waals surface area contributed by atoms with Gasteiger partial charge in [-0.2, -0.15) is 5.10 Å². The Hall–Kier alpha value is -3.68. The number of nitrogens with zero attached hydrogens (tertiary/aromatic N) is 3. The van der Waals surface area contributed by atoms with Crippen molar-refractivity contribution in [2.45, 2.75) is 12.1 Å². The van der Waals surface area contributed by atoms with E-state index >= 15 is 0 Å². The highest BCUT2D eigenvalue weighted by Gasteiger charge is 2.65. The average molecular weight is 505 g/mol. The monoisotopic (exact) mass is 504 g/mol. The van der Waals surface area contributed by atoms with Gasteiger partial charge >= 0.3 is 0 Å². The van der Waals surface area contributed by atoms with Gasteiger partial charge in [0.05, 0.1) is 29.8 Å². The lowest BCUT2D eigenvalue weighted by atomic mass is 9.85. The van der Waals surface area contributed by atoms with Crippen molar-refractivity contribution in [3.63, 3.8) is 0 Å². The molecule has 1 N–H and O–H groups in total. The van der Waals surface area contributed by atoms with Gasteiger partial charge < -0.3 is 5.32 Å². The summed E-state index contributed by atoms with van der Waals surface area (Å²) in [6.45, 7) is 0. The molecule has 3 amide bonds. The lowest BCUT2D eigenvalue weighted by Gasteiger charge is -2.33. The number of carbonyl (C=O) groups excluding carboxylic acids is 3. The van der Waals surface area contributed by atoms with E-state index in [4.69, 9.17) is 23.2 Å². The summed E-state index contributed by atoms with van der Waals surface area (Å²) in [7, 11) is 0. The third-order valence-electron chi connectivity index (χ3n) is 6.71. The number of hydrogen-bond acceptors (Lipinski definition) is 5. The molecule has 3 aromatic carbocycles. The van der Waals surface area contributed by atoms with Gasteiger partial charge in [0.2, 0.25) is 17.7 Å². The molecule has 0 radical (unpaired) electrons. The molecule has 7 nitrogen and oxygen atoms in total. The van der Waals surface area contributed by atoms with Gasteiger partial charge in [-0.15, -0.1) is 0 Å². The summed E-state index contributed by atoms with van der Waals surface area (Å²) in [6.07, 6.45) is 1.67. The number of amides is 3. The van der Waals surface area contributed by atoms with E-state index in [0.717, 1.165) is 16.0 Å². The molecule has 9 heteroatoms. The number of para-hydroxylation sites is 1. The van der Waals surface area contributed by atoms with Crippen molar-refractivity contribution in [2.24, 2.45) is 16.9 Å². The number of rotatable bonds is 3. The zero-order chi connectivity index (χ0) is 24.3. The summed E-state index contributed by atoms with van der Waals surface area (Å²) in [5.41, 5.74) is 2.57. The Morgan fingerprint density at radius 1 is 0.857 bits per heavy atom. The van der Waals surface area contributed by atoms with Crippen LogP contribution in [0.2, 0.25) is 10.0 Å². The first kappa shape index (κ1) is 21.8. The number of benzene rings is 3. The van der Waals surface area contributed by atoms with Gasteiger partial charge in [-0.3, -0.25) is 19.4 Å². The maximum atomic E-state index is 13.8. The van der Waals surface area contributed by atoms with Crippen molar-refractivity contribution in [1.82, 2.24) is 5.01 Å². The summed E-state index contributed by atoms with van der Waals surface area (Å²) in [4.78, 5) is 42.3. The van der Waals surface area contributed by atoms with Gasteiger partial charge in [0, 0.05) is 15.7 Å². The average Bonchev–Trinajstić information content (AvgIpc) is 3.31. The van der Waals surface area contributed by atoms with E-state index in [0.29, 0.717) is 15.7 Å². The molecule has 0 unspecified atom stereocenters. The van der Waals surface area contributed by atoms with Crippen molar-refractivity contribution in [3.8, 4) is 0 Å². The Kier molecular flexibility index (Phi) is 5.12. The van der Waals surface area contributed by atoms with E-state index in [1.807, 2.05) is 30.3 Å². The lowest BCUT2D eigenvalue weighted by Crippen LogP contribution is -2.46. The fourth-order valence-electron chi connectivity index (χ4n) is 5.33. The summed E-state index contributed by atoms with van der Waals surface area (Å²) >= 11 is 12.3. The SMILES string of the molecule is O=C(Nc1ccccc1)[C@@H]1[C@@H]2C(=O)N(c3cc(Cl)cc(Cl)c3)C(=O)[C@H]2[C@H]2c3ccccc3C=NN12. The zero-order valence-electron chi connectivity index (χ0n) is 18.1. The highest BCUT2D eigenvalue weighted by atomic mass is 35.5. The molecule has 6 rings (SSSR count). The van der Waals surface area contributed by atoms with Gasteiger partial charge in [-0.1, -0.05) is 65.7 Å². The number of hydrazone groups is 1. The number of hydrogen-bond donors (Lipinski definition) is 1. The first-order valence-electron chi connectivity index (χ1n) is 11.0. The summed E-state index contributed by atoms with van der Waals surface area (Å²) < 4.78 is 0. The number of anilines is 2. The van der Waals surface area contributed by atoms with Crippen LogP contribution in [-0.4, -0.2) is 35.0 Å². The first-order valence-corrected chi connectivity index (χ1v) is 11.8. The molecule has 0 bridgehead atoms. The smallest absolute Gasteiger partial charge is 0.249 e. The fourth-order valence-corrected chi connectivity index (χ4v) is 5.84. The molecule has 0 spiro atoms. The predicted molar refractivity (Wildman–Crippen MR) is 133 cm³/mol. The highest BCUT2D eigenvalue weighted by Crippen LogP contribution is 2.52. The Morgan fingerprint density at radius 3 is 2.26 bits per heavy atom. The van der Waals surface area contributed by atoms with Crippen LogP contribution < -0.4 is 10.2 Å². The van der Waals surface area contributed by atoms with E-state index in [9.17, 15) is 14.4 Å². The van der Waals surface area contributed by atoms with Crippen LogP contribution in [0.5, 0.6) is 0 Å². The van der Waals surface area contributed by atoms with Gasteiger partial charge in [0.1, 0.15) is 6.04 Å². The molecule has 0 saturated carbocycles. The molecule has 0 aliphatic carbocycles. The summed E-state index contributed by atoms with van der Waals surface area (Å²) in [5.74, 6) is -3.02. The largest absolute Gasteiger partial charge is 0.324 e. The van der Waals surface area contributed by atoms with Crippen LogP contribution in [0.4, 0.5) is 11.4 Å². The quantitative estimate of drug-likeness (QED) is 0.532. The van der Waals surface area contributed by atoms with E-state index < -0.39 is 41.6 Å². The van der Waals surface area contributed by atoms with Crippen LogP contribution in [0.1, 0.15) is 17.2 Å². The minimum Gasteiger partial charge on any atom is -0.324 e. The number of halogens is 2. The molecule has 0 aromatic heterocycles. The maximum absolute atomic E-state index is 13.8. The van der Waals surface area contributed by atoms with Crippen molar-refractivity contribution in [2.75, 3.05) is 10.2 Å². The second-order valence-electron chi connectivity index (χ2n) is 8.69.